The van der Waals surface area contributed by atoms with Gasteiger partial charge in [0.25, 0.3) is 0 Å². The van der Waals surface area contributed by atoms with E-state index in [4.69, 9.17) is 11.6 Å². The first kappa shape index (κ1) is 18.3. The van der Waals surface area contributed by atoms with Crippen molar-refractivity contribution in [1.82, 2.24) is 4.57 Å². The summed E-state index contributed by atoms with van der Waals surface area (Å²) >= 11 is 0. The molecule has 0 amide bonds. The zero-order valence-electron chi connectivity index (χ0n) is 16.2. The number of anilines is 2. The molecule has 6 nitrogen and oxygen atoms in total. The van der Waals surface area contributed by atoms with Crippen molar-refractivity contribution in [1.29, 1.82) is 0 Å². The molecule has 1 saturated heterocycles. The molecule has 146 valence electrons. The monoisotopic (exact) mass is 373 g/mol. The lowest BCUT2D eigenvalue weighted by atomic mass is 10.0. The number of nitrogens with zero attached hydrogens (tertiary/aromatic N) is 2. The van der Waals surface area contributed by atoms with Gasteiger partial charge in [-0.25, -0.2) is 4.39 Å². The van der Waals surface area contributed by atoms with Gasteiger partial charge in [0.05, 0.1) is 22.3 Å². The lowest BCUT2D eigenvalue weighted by molar-refractivity contribution is 0.487. The first-order valence-electron chi connectivity index (χ1n) is 9.69. The molecule has 5 N–H and O–H groups in total. The summed E-state index contributed by atoms with van der Waals surface area (Å²) in [5, 5.41) is 0.353. The fraction of sp³-hybridized carbons (Fsp3) is 0.550. The Morgan fingerprint density at radius 3 is 2.56 bits per heavy atom. The van der Waals surface area contributed by atoms with E-state index in [9.17, 15) is 4.79 Å². The lowest BCUT2D eigenvalue weighted by Crippen LogP contribution is -2.30. The minimum absolute atomic E-state index is 0.0678. The zero-order chi connectivity index (χ0) is 19.5. The summed E-state index contributed by atoms with van der Waals surface area (Å²) in [6.07, 6.45) is 4.73. The summed E-state index contributed by atoms with van der Waals surface area (Å²) in [4.78, 5) is 14.9. The summed E-state index contributed by atoms with van der Waals surface area (Å²) in [5.41, 5.74) is 11.3. The number of nitrogens with one attached hydrogen (secondary N) is 1. The molecule has 27 heavy (non-hydrogen) atoms. The van der Waals surface area contributed by atoms with E-state index in [0.29, 0.717) is 45.9 Å². The van der Waals surface area contributed by atoms with Gasteiger partial charge < -0.3 is 20.6 Å². The van der Waals surface area contributed by atoms with Crippen molar-refractivity contribution >= 4 is 22.3 Å². The SMILES string of the molecule is Cc1c(N2CCC(C(C)N)C2)c(F)c2c(c1NN)c(=O)c(C)cn2C1CC1. The van der Waals surface area contributed by atoms with E-state index >= 15 is 4.39 Å². The van der Waals surface area contributed by atoms with Crippen LogP contribution < -0.4 is 27.3 Å². The Morgan fingerprint density at radius 2 is 2.00 bits per heavy atom. The number of fused-ring (bicyclic) bond motifs is 1. The van der Waals surface area contributed by atoms with Gasteiger partial charge in [0.15, 0.2) is 11.2 Å². The van der Waals surface area contributed by atoms with Crippen LogP contribution in [0.5, 0.6) is 0 Å². The van der Waals surface area contributed by atoms with Crippen LogP contribution in [-0.4, -0.2) is 23.7 Å². The van der Waals surface area contributed by atoms with Gasteiger partial charge in [-0.05, 0) is 46.0 Å². The highest BCUT2D eigenvalue weighted by Gasteiger charge is 2.33. The molecule has 0 bridgehead atoms. The zero-order valence-corrected chi connectivity index (χ0v) is 16.2. The Balaban J connectivity index is 2.00. The first-order valence-corrected chi connectivity index (χ1v) is 9.69. The highest BCUT2D eigenvalue weighted by atomic mass is 19.1. The van der Waals surface area contributed by atoms with Crippen molar-refractivity contribution in [2.75, 3.05) is 23.4 Å². The van der Waals surface area contributed by atoms with Crippen LogP contribution in [0.15, 0.2) is 11.0 Å². The van der Waals surface area contributed by atoms with Crippen LogP contribution >= 0.6 is 0 Å². The van der Waals surface area contributed by atoms with Crippen molar-refractivity contribution in [2.45, 2.75) is 52.1 Å². The second-order valence-corrected chi connectivity index (χ2v) is 8.16. The molecule has 0 radical (unpaired) electrons. The number of nitrogens with two attached hydrogens (primary N) is 2. The van der Waals surface area contributed by atoms with Crippen LogP contribution in [0, 0.1) is 25.6 Å². The van der Waals surface area contributed by atoms with Gasteiger partial charge in [0.2, 0.25) is 0 Å². The summed E-state index contributed by atoms with van der Waals surface area (Å²) in [7, 11) is 0. The lowest BCUT2D eigenvalue weighted by Gasteiger charge is -2.26. The maximum Gasteiger partial charge on any atom is 0.194 e. The number of rotatable bonds is 4. The molecule has 1 aromatic carbocycles. The number of aromatic nitrogens is 1. The van der Waals surface area contributed by atoms with Gasteiger partial charge in [0, 0.05) is 42.5 Å². The molecule has 2 unspecified atom stereocenters. The van der Waals surface area contributed by atoms with Gasteiger partial charge in [-0.1, -0.05) is 0 Å². The van der Waals surface area contributed by atoms with Gasteiger partial charge in [0.1, 0.15) is 0 Å². The molecule has 1 aliphatic heterocycles. The minimum atomic E-state index is -0.323. The van der Waals surface area contributed by atoms with E-state index in [1.54, 1.807) is 13.1 Å². The molecular formula is C20H28FN5O. The maximum atomic E-state index is 15.9. The third kappa shape index (κ3) is 2.80. The van der Waals surface area contributed by atoms with E-state index in [-0.39, 0.29) is 23.3 Å². The molecule has 1 saturated carbocycles. The predicted molar refractivity (Wildman–Crippen MR) is 108 cm³/mol. The van der Waals surface area contributed by atoms with Crippen molar-refractivity contribution < 1.29 is 4.39 Å². The second kappa shape index (κ2) is 6.49. The Bertz CT molecular complexity index is 963. The van der Waals surface area contributed by atoms with E-state index in [1.165, 1.54) is 0 Å². The van der Waals surface area contributed by atoms with E-state index in [0.717, 1.165) is 25.8 Å². The van der Waals surface area contributed by atoms with Crippen LogP contribution in [0.2, 0.25) is 0 Å². The number of benzene rings is 1. The summed E-state index contributed by atoms with van der Waals surface area (Å²) < 4.78 is 17.8. The van der Waals surface area contributed by atoms with E-state index < -0.39 is 0 Å². The largest absolute Gasteiger partial charge is 0.368 e. The third-order valence-electron chi connectivity index (χ3n) is 6.18. The molecule has 2 aliphatic rings. The first-order chi connectivity index (χ1) is 12.8. The molecule has 0 spiro atoms. The number of aryl methyl sites for hydroxylation is 1. The van der Waals surface area contributed by atoms with Crippen molar-refractivity contribution in [3.05, 3.63) is 33.4 Å². The standard InChI is InChI=1S/C20H28FN5O/c1-10-8-26(14-4-5-14)19-15(20(10)27)17(24-23)11(2)18(16(19)21)25-7-6-13(9-25)12(3)22/h8,12-14,24H,4-7,9,22-23H2,1-3H3. The van der Waals surface area contributed by atoms with Crippen LogP contribution in [0.25, 0.3) is 10.9 Å². The molecule has 2 aromatic rings. The van der Waals surface area contributed by atoms with E-state index in [2.05, 4.69) is 10.3 Å². The molecule has 2 atom stereocenters. The number of nitrogen functional groups attached to an aromatic ring is 1. The average Bonchev–Trinajstić information content (AvgIpc) is 3.35. The van der Waals surface area contributed by atoms with Gasteiger partial charge in [-0.15, -0.1) is 0 Å². The Labute approximate surface area is 158 Å². The van der Waals surface area contributed by atoms with Crippen LogP contribution in [0.4, 0.5) is 15.8 Å². The number of hydrazine groups is 1. The van der Waals surface area contributed by atoms with Crippen LogP contribution in [0.3, 0.4) is 0 Å². The summed E-state index contributed by atoms with van der Waals surface area (Å²) in [6.45, 7) is 7.06. The second-order valence-electron chi connectivity index (χ2n) is 8.16. The van der Waals surface area contributed by atoms with Gasteiger partial charge in [-0.3, -0.25) is 10.6 Å². The Morgan fingerprint density at radius 1 is 1.30 bits per heavy atom. The van der Waals surface area contributed by atoms with Gasteiger partial charge >= 0.3 is 0 Å². The number of hydrogen-bond donors (Lipinski definition) is 3. The molecular weight excluding hydrogens is 345 g/mol. The fourth-order valence-corrected chi connectivity index (χ4v) is 4.42. The average molecular weight is 373 g/mol. The van der Waals surface area contributed by atoms with E-state index in [1.807, 2.05) is 18.4 Å². The number of pyridine rings is 1. The maximum absolute atomic E-state index is 15.9. The molecule has 1 aromatic heterocycles. The Hall–Kier alpha value is -2.12. The highest BCUT2D eigenvalue weighted by Crippen LogP contribution is 2.43. The topological polar surface area (TPSA) is 89.3 Å². The Kier molecular flexibility index (Phi) is 4.39. The van der Waals surface area contributed by atoms with Crippen molar-refractivity contribution in [2.24, 2.45) is 17.5 Å². The highest BCUT2D eigenvalue weighted by molar-refractivity contribution is 5.98. The number of halogens is 1. The predicted octanol–water partition coefficient (Wildman–Crippen LogP) is 2.55. The normalized spacial score (nSPS) is 21.1. The summed E-state index contributed by atoms with van der Waals surface area (Å²) in [5.74, 6) is 5.82. The smallest absolute Gasteiger partial charge is 0.194 e. The van der Waals surface area contributed by atoms with Crippen molar-refractivity contribution in [3.8, 4) is 0 Å². The van der Waals surface area contributed by atoms with Crippen LogP contribution in [0.1, 0.15) is 43.4 Å². The molecule has 2 fully saturated rings. The molecule has 1 aliphatic carbocycles. The fourth-order valence-electron chi connectivity index (χ4n) is 4.42. The molecule has 4 rings (SSSR count). The molecule has 2 heterocycles. The third-order valence-corrected chi connectivity index (χ3v) is 6.18. The quantitative estimate of drug-likeness (QED) is 0.566. The van der Waals surface area contributed by atoms with Crippen LogP contribution in [-0.2, 0) is 0 Å². The van der Waals surface area contributed by atoms with Gasteiger partial charge in [-0.2, -0.15) is 0 Å². The molecule has 7 heteroatoms. The number of hydrogen-bond acceptors (Lipinski definition) is 5. The summed E-state index contributed by atoms with van der Waals surface area (Å²) in [6, 6.07) is 0.316. The minimum Gasteiger partial charge on any atom is -0.368 e. The van der Waals surface area contributed by atoms with Crippen molar-refractivity contribution in [3.63, 3.8) is 0 Å².